The van der Waals surface area contributed by atoms with Gasteiger partial charge in [0, 0.05) is 25.7 Å². The highest BCUT2D eigenvalue weighted by atomic mass is 15.2. The van der Waals surface area contributed by atoms with Crippen LogP contribution in [0.1, 0.15) is 65.7 Å². The maximum absolute atomic E-state index is 3.65. The number of rotatable bonds is 5. The summed E-state index contributed by atoms with van der Waals surface area (Å²) >= 11 is 0. The smallest absolute Gasteiger partial charge is 0.00673 e. The molecule has 0 bridgehead atoms. The summed E-state index contributed by atoms with van der Waals surface area (Å²) in [6, 6.07) is 0.802. The van der Waals surface area contributed by atoms with E-state index in [1.165, 1.54) is 64.6 Å². The molecule has 1 aliphatic carbocycles. The minimum atomic E-state index is 0.569. The van der Waals surface area contributed by atoms with Gasteiger partial charge in [0.05, 0.1) is 0 Å². The van der Waals surface area contributed by atoms with Crippen LogP contribution in [0.4, 0.5) is 0 Å². The van der Waals surface area contributed by atoms with Crippen molar-refractivity contribution in [2.24, 2.45) is 11.3 Å². The van der Waals surface area contributed by atoms with Crippen molar-refractivity contribution in [1.82, 2.24) is 10.2 Å². The molecule has 0 aromatic carbocycles. The van der Waals surface area contributed by atoms with Gasteiger partial charge in [-0.05, 0) is 50.5 Å². The van der Waals surface area contributed by atoms with Crippen molar-refractivity contribution in [2.45, 2.75) is 71.8 Å². The van der Waals surface area contributed by atoms with Crippen LogP contribution in [-0.2, 0) is 0 Å². The van der Waals surface area contributed by atoms with Crippen LogP contribution in [0.3, 0.4) is 0 Å². The van der Waals surface area contributed by atoms with Crippen LogP contribution in [0.15, 0.2) is 0 Å². The molecule has 112 valence electrons. The molecule has 0 aromatic heterocycles. The Hall–Kier alpha value is -0.0800. The molecule has 2 nitrogen and oxygen atoms in total. The summed E-state index contributed by atoms with van der Waals surface area (Å²) in [4.78, 5) is 2.80. The maximum atomic E-state index is 3.65. The lowest BCUT2D eigenvalue weighted by molar-refractivity contribution is 0.0452. The van der Waals surface area contributed by atoms with Crippen LogP contribution in [0.25, 0.3) is 0 Å². The van der Waals surface area contributed by atoms with Gasteiger partial charge in [0.15, 0.2) is 0 Å². The molecule has 2 fully saturated rings. The Morgan fingerprint density at radius 2 is 1.84 bits per heavy atom. The predicted molar refractivity (Wildman–Crippen MR) is 83.5 cm³/mol. The Morgan fingerprint density at radius 3 is 2.53 bits per heavy atom. The zero-order chi connectivity index (χ0) is 13.7. The fourth-order valence-electron chi connectivity index (χ4n) is 4.11. The van der Waals surface area contributed by atoms with E-state index in [9.17, 15) is 0 Å². The molecule has 1 heterocycles. The Bertz CT molecular complexity index is 258. The molecule has 19 heavy (non-hydrogen) atoms. The second-order valence-electron chi connectivity index (χ2n) is 7.30. The molecule has 2 aliphatic rings. The molecular formula is C17H34N2. The van der Waals surface area contributed by atoms with Crippen LogP contribution in [-0.4, -0.2) is 37.1 Å². The first-order chi connectivity index (χ1) is 9.15. The molecule has 0 amide bonds. The van der Waals surface area contributed by atoms with Crippen molar-refractivity contribution in [1.29, 1.82) is 0 Å². The summed E-state index contributed by atoms with van der Waals surface area (Å²) in [5.74, 6) is 0.899. The summed E-state index contributed by atoms with van der Waals surface area (Å²) in [7, 11) is 0. The van der Waals surface area contributed by atoms with E-state index in [-0.39, 0.29) is 0 Å². The van der Waals surface area contributed by atoms with E-state index in [4.69, 9.17) is 0 Å². The quantitative estimate of drug-likeness (QED) is 0.817. The van der Waals surface area contributed by atoms with Crippen LogP contribution >= 0.6 is 0 Å². The number of nitrogens with zero attached hydrogens (tertiary/aromatic N) is 1. The van der Waals surface area contributed by atoms with E-state index in [1.807, 2.05) is 0 Å². The maximum Gasteiger partial charge on any atom is 0.00673 e. The van der Waals surface area contributed by atoms with Gasteiger partial charge in [-0.3, -0.25) is 4.90 Å². The van der Waals surface area contributed by atoms with Gasteiger partial charge in [0.2, 0.25) is 0 Å². The lowest BCUT2D eigenvalue weighted by Gasteiger charge is -2.46. The highest BCUT2D eigenvalue weighted by molar-refractivity contribution is 4.90. The second kappa shape index (κ2) is 7.08. The minimum absolute atomic E-state index is 0.569. The highest BCUT2D eigenvalue weighted by Crippen LogP contribution is 2.38. The van der Waals surface area contributed by atoms with Gasteiger partial charge in [-0.2, -0.15) is 0 Å². The van der Waals surface area contributed by atoms with Gasteiger partial charge in [0.1, 0.15) is 0 Å². The minimum Gasteiger partial charge on any atom is -0.316 e. The first kappa shape index (κ1) is 15.3. The average Bonchev–Trinajstić information content (AvgIpc) is 2.42. The van der Waals surface area contributed by atoms with Crippen molar-refractivity contribution in [2.75, 3.05) is 26.2 Å². The van der Waals surface area contributed by atoms with Gasteiger partial charge in [-0.15, -0.1) is 0 Å². The first-order valence-electron chi connectivity index (χ1n) is 8.60. The van der Waals surface area contributed by atoms with E-state index in [0.29, 0.717) is 5.41 Å². The van der Waals surface area contributed by atoms with Crippen molar-refractivity contribution >= 4 is 0 Å². The molecule has 1 saturated carbocycles. The van der Waals surface area contributed by atoms with Crippen molar-refractivity contribution in [3.63, 3.8) is 0 Å². The predicted octanol–water partition coefficient (Wildman–Crippen LogP) is 3.67. The van der Waals surface area contributed by atoms with Crippen molar-refractivity contribution in [3.8, 4) is 0 Å². The largest absolute Gasteiger partial charge is 0.316 e. The number of hydrogen-bond donors (Lipinski definition) is 1. The van der Waals surface area contributed by atoms with Crippen LogP contribution in [0, 0.1) is 11.3 Å². The zero-order valence-electron chi connectivity index (χ0n) is 13.4. The van der Waals surface area contributed by atoms with Crippen molar-refractivity contribution < 1.29 is 0 Å². The highest BCUT2D eigenvalue weighted by Gasteiger charge is 2.36. The molecule has 2 heteroatoms. The van der Waals surface area contributed by atoms with Gasteiger partial charge < -0.3 is 5.32 Å². The third-order valence-electron chi connectivity index (χ3n) is 5.45. The van der Waals surface area contributed by atoms with E-state index < -0.39 is 0 Å². The molecule has 2 rings (SSSR count). The fourth-order valence-corrected chi connectivity index (χ4v) is 4.11. The number of likely N-dealkylation sites (tertiary alicyclic amines) is 1. The van der Waals surface area contributed by atoms with E-state index in [1.54, 1.807) is 0 Å². The average molecular weight is 266 g/mol. The first-order valence-corrected chi connectivity index (χ1v) is 8.60. The Kier molecular flexibility index (Phi) is 5.70. The monoisotopic (exact) mass is 266 g/mol. The summed E-state index contributed by atoms with van der Waals surface area (Å²) in [6.07, 6.45) is 10.1. The Balaban J connectivity index is 1.97. The zero-order valence-corrected chi connectivity index (χ0v) is 13.4. The fraction of sp³-hybridized carbons (Fsp3) is 1.00. The van der Waals surface area contributed by atoms with E-state index in [2.05, 4.69) is 31.0 Å². The molecule has 0 radical (unpaired) electrons. The number of piperidine rings is 1. The third kappa shape index (κ3) is 4.19. The topological polar surface area (TPSA) is 15.3 Å². The lowest BCUT2D eigenvalue weighted by atomic mass is 9.73. The summed E-state index contributed by atoms with van der Waals surface area (Å²) in [5, 5.41) is 3.65. The van der Waals surface area contributed by atoms with E-state index in [0.717, 1.165) is 18.5 Å². The molecule has 0 spiro atoms. The molecule has 0 aromatic rings. The lowest BCUT2D eigenvalue weighted by Crippen LogP contribution is -2.50. The van der Waals surface area contributed by atoms with Gasteiger partial charge in [0.25, 0.3) is 0 Å². The third-order valence-corrected chi connectivity index (χ3v) is 5.45. The molecule has 1 aliphatic heterocycles. The standard InChI is InChI=1S/C17H34N2/c1-4-18-13-17(10-6-5-7-11-17)14-19-12-15(2)8-9-16(19)3/h15-16,18H,4-14H2,1-3H3. The van der Waals surface area contributed by atoms with Gasteiger partial charge in [-0.25, -0.2) is 0 Å². The second-order valence-corrected chi connectivity index (χ2v) is 7.30. The van der Waals surface area contributed by atoms with Crippen LogP contribution < -0.4 is 5.32 Å². The molecule has 1 N–H and O–H groups in total. The molecule has 2 atom stereocenters. The van der Waals surface area contributed by atoms with Crippen molar-refractivity contribution in [3.05, 3.63) is 0 Å². The van der Waals surface area contributed by atoms with Crippen LogP contribution in [0.5, 0.6) is 0 Å². The SMILES string of the molecule is CCNCC1(CN2CC(C)CCC2C)CCCCC1. The Labute approximate surface area is 120 Å². The normalized spacial score (nSPS) is 32.4. The van der Waals surface area contributed by atoms with Gasteiger partial charge >= 0.3 is 0 Å². The van der Waals surface area contributed by atoms with E-state index >= 15 is 0 Å². The van der Waals surface area contributed by atoms with Crippen LogP contribution in [0.2, 0.25) is 0 Å². The summed E-state index contributed by atoms with van der Waals surface area (Å²) < 4.78 is 0. The summed E-state index contributed by atoms with van der Waals surface area (Å²) in [5.41, 5.74) is 0.569. The van der Waals surface area contributed by atoms with Gasteiger partial charge in [-0.1, -0.05) is 33.1 Å². The molecular weight excluding hydrogens is 232 g/mol. The Morgan fingerprint density at radius 1 is 1.11 bits per heavy atom. The number of hydrogen-bond acceptors (Lipinski definition) is 2. The molecule has 1 saturated heterocycles. The molecule has 2 unspecified atom stereocenters. The number of nitrogens with one attached hydrogen (secondary N) is 1. The summed E-state index contributed by atoms with van der Waals surface area (Å²) in [6.45, 7) is 12.1.